The molecule has 0 spiro atoms. The number of amides is 2. The first-order chi connectivity index (χ1) is 13.5. The second-order valence-electron chi connectivity index (χ2n) is 6.09. The molecule has 6 nitrogen and oxygen atoms in total. The molecule has 0 radical (unpaired) electrons. The number of carbonyl (C=O) groups is 2. The van der Waals surface area contributed by atoms with Crippen molar-refractivity contribution in [3.05, 3.63) is 77.9 Å². The van der Waals surface area contributed by atoms with Crippen LogP contribution in [0.2, 0.25) is 0 Å². The van der Waals surface area contributed by atoms with Crippen LogP contribution in [0.4, 0.5) is 0 Å². The minimum Gasteiger partial charge on any atom is -0.483 e. The molecule has 3 N–H and O–H groups in total. The summed E-state index contributed by atoms with van der Waals surface area (Å²) in [6.45, 7) is 1.73. The van der Waals surface area contributed by atoms with E-state index in [4.69, 9.17) is 17.0 Å². The number of ether oxygens (including phenoxy) is 1. The first-order valence-corrected chi connectivity index (χ1v) is 9.01. The highest BCUT2D eigenvalue weighted by Crippen LogP contribution is 2.24. The molecule has 142 valence electrons. The van der Waals surface area contributed by atoms with E-state index in [1.807, 2.05) is 55.5 Å². The van der Waals surface area contributed by atoms with E-state index in [0.717, 1.165) is 16.3 Å². The summed E-state index contributed by atoms with van der Waals surface area (Å²) < 4.78 is 5.60. The number of hydrogen-bond donors (Lipinski definition) is 3. The van der Waals surface area contributed by atoms with Crippen molar-refractivity contribution in [2.75, 3.05) is 6.61 Å². The van der Waals surface area contributed by atoms with E-state index >= 15 is 0 Å². The smallest absolute Gasteiger partial charge is 0.269 e. The molecule has 0 aliphatic heterocycles. The Balaban J connectivity index is 1.47. The molecular weight excluding hydrogens is 374 g/mol. The number of benzene rings is 3. The van der Waals surface area contributed by atoms with Crippen molar-refractivity contribution in [2.24, 2.45) is 0 Å². The van der Waals surface area contributed by atoms with E-state index in [1.165, 1.54) is 0 Å². The third kappa shape index (κ3) is 5.05. The molecule has 7 heteroatoms. The van der Waals surface area contributed by atoms with Crippen LogP contribution in [0.25, 0.3) is 10.8 Å². The number of nitrogens with one attached hydrogen (secondary N) is 3. The van der Waals surface area contributed by atoms with Gasteiger partial charge < -0.3 is 4.74 Å². The summed E-state index contributed by atoms with van der Waals surface area (Å²) in [4.78, 5) is 24.0. The molecular formula is C21H19N3O3S. The van der Waals surface area contributed by atoms with Crippen LogP contribution in [-0.4, -0.2) is 23.5 Å². The largest absolute Gasteiger partial charge is 0.483 e. The Labute approximate surface area is 167 Å². The lowest BCUT2D eigenvalue weighted by Crippen LogP contribution is -2.49. The molecule has 0 atom stereocenters. The van der Waals surface area contributed by atoms with Crippen LogP contribution in [0.3, 0.4) is 0 Å². The molecule has 0 saturated carbocycles. The molecule has 0 aliphatic carbocycles. The van der Waals surface area contributed by atoms with Crippen LogP contribution in [0.5, 0.6) is 5.75 Å². The molecule has 28 heavy (non-hydrogen) atoms. The summed E-state index contributed by atoms with van der Waals surface area (Å²) in [6.07, 6.45) is 0. The fraction of sp³-hybridized carbons (Fsp3) is 0.0952. The minimum absolute atomic E-state index is 0.0213. The average molecular weight is 393 g/mol. The maximum absolute atomic E-state index is 12.0. The van der Waals surface area contributed by atoms with E-state index in [2.05, 4.69) is 16.2 Å². The number of hydrogen-bond acceptors (Lipinski definition) is 4. The van der Waals surface area contributed by atoms with Gasteiger partial charge in [0, 0.05) is 10.9 Å². The molecule has 0 saturated heterocycles. The van der Waals surface area contributed by atoms with E-state index in [-0.39, 0.29) is 17.6 Å². The highest BCUT2D eigenvalue weighted by Gasteiger charge is 2.09. The normalized spacial score (nSPS) is 10.2. The lowest BCUT2D eigenvalue weighted by Gasteiger charge is -2.12. The van der Waals surface area contributed by atoms with Gasteiger partial charge in [0.05, 0.1) is 0 Å². The van der Waals surface area contributed by atoms with E-state index < -0.39 is 5.91 Å². The average Bonchev–Trinajstić information content (AvgIpc) is 2.71. The van der Waals surface area contributed by atoms with Crippen molar-refractivity contribution in [2.45, 2.75) is 6.92 Å². The Morgan fingerprint density at radius 3 is 2.43 bits per heavy atom. The number of thiocarbonyl (C=S) groups is 1. The third-order valence-electron chi connectivity index (χ3n) is 3.96. The number of aryl methyl sites for hydroxylation is 1. The highest BCUT2D eigenvalue weighted by atomic mass is 32.1. The summed E-state index contributed by atoms with van der Waals surface area (Å²) in [5, 5.41) is 4.38. The predicted molar refractivity (Wildman–Crippen MR) is 112 cm³/mol. The maximum Gasteiger partial charge on any atom is 0.269 e. The van der Waals surface area contributed by atoms with Crippen molar-refractivity contribution in [1.82, 2.24) is 16.2 Å². The Hall–Kier alpha value is -3.45. The van der Waals surface area contributed by atoms with E-state index in [9.17, 15) is 9.59 Å². The molecule has 0 aromatic heterocycles. The molecule has 0 aliphatic rings. The summed E-state index contributed by atoms with van der Waals surface area (Å²) in [7, 11) is 0. The fourth-order valence-electron chi connectivity index (χ4n) is 2.55. The second kappa shape index (κ2) is 8.96. The molecule has 2 amide bonds. The van der Waals surface area contributed by atoms with Crippen molar-refractivity contribution < 1.29 is 14.3 Å². The SMILES string of the molecule is Cc1ccc(C(=O)NNC(=S)NC(=O)COc2cccc3ccccc23)cc1. The van der Waals surface area contributed by atoms with Gasteiger partial charge in [0.2, 0.25) is 0 Å². The molecule has 0 bridgehead atoms. The van der Waals surface area contributed by atoms with Gasteiger partial charge >= 0.3 is 0 Å². The third-order valence-corrected chi connectivity index (χ3v) is 4.17. The topological polar surface area (TPSA) is 79.5 Å². The Bertz CT molecular complexity index is 1010. The van der Waals surface area contributed by atoms with E-state index in [0.29, 0.717) is 11.3 Å². The summed E-state index contributed by atoms with van der Waals surface area (Å²) in [5.41, 5.74) is 6.47. The first-order valence-electron chi connectivity index (χ1n) is 8.60. The summed E-state index contributed by atoms with van der Waals surface area (Å²) in [6, 6.07) is 20.4. The minimum atomic E-state index is -0.435. The lowest BCUT2D eigenvalue weighted by molar-refractivity contribution is -0.121. The zero-order valence-corrected chi connectivity index (χ0v) is 16.0. The molecule has 3 rings (SSSR count). The van der Waals surface area contributed by atoms with Gasteiger partial charge in [-0.15, -0.1) is 0 Å². The highest BCUT2D eigenvalue weighted by molar-refractivity contribution is 7.80. The second-order valence-corrected chi connectivity index (χ2v) is 6.50. The van der Waals surface area contributed by atoms with Crippen LogP contribution < -0.4 is 20.9 Å². The quantitative estimate of drug-likeness (QED) is 0.469. The lowest BCUT2D eigenvalue weighted by atomic mass is 10.1. The number of carbonyl (C=O) groups excluding carboxylic acids is 2. The van der Waals surface area contributed by atoms with Gasteiger partial charge in [-0.3, -0.25) is 25.8 Å². The molecule has 0 unspecified atom stereocenters. The zero-order chi connectivity index (χ0) is 19.9. The molecule has 3 aromatic carbocycles. The number of rotatable bonds is 4. The van der Waals surface area contributed by atoms with Gasteiger partial charge in [0.1, 0.15) is 5.75 Å². The van der Waals surface area contributed by atoms with Gasteiger partial charge in [-0.2, -0.15) is 0 Å². The standard InChI is InChI=1S/C21H19N3O3S/c1-14-9-11-16(12-10-14)20(26)23-24-21(28)22-19(25)13-27-18-8-4-6-15-5-2-3-7-17(15)18/h2-12H,13H2,1H3,(H,23,26)(H2,22,24,25,28). The summed E-state index contributed by atoms with van der Waals surface area (Å²) >= 11 is 5.01. The Morgan fingerprint density at radius 2 is 1.64 bits per heavy atom. The maximum atomic E-state index is 12.0. The van der Waals surface area contributed by atoms with Crippen LogP contribution in [-0.2, 0) is 4.79 Å². The van der Waals surface area contributed by atoms with Gasteiger partial charge in [0.25, 0.3) is 11.8 Å². The Kier molecular flexibility index (Phi) is 6.18. The van der Waals surface area contributed by atoms with Crippen LogP contribution in [0.1, 0.15) is 15.9 Å². The number of fused-ring (bicyclic) bond motifs is 1. The van der Waals surface area contributed by atoms with Crippen molar-refractivity contribution >= 4 is 39.9 Å². The number of hydrazine groups is 1. The van der Waals surface area contributed by atoms with E-state index in [1.54, 1.807) is 18.2 Å². The molecule has 0 heterocycles. The molecule has 0 fully saturated rings. The zero-order valence-electron chi connectivity index (χ0n) is 15.2. The van der Waals surface area contributed by atoms with Gasteiger partial charge in [-0.1, -0.05) is 54.1 Å². The van der Waals surface area contributed by atoms with Crippen molar-refractivity contribution in [3.8, 4) is 5.75 Å². The van der Waals surface area contributed by atoms with Gasteiger partial charge in [0.15, 0.2) is 11.7 Å². The van der Waals surface area contributed by atoms with Crippen LogP contribution >= 0.6 is 12.2 Å². The van der Waals surface area contributed by atoms with Gasteiger partial charge in [-0.25, -0.2) is 0 Å². The molecule has 3 aromatic rings. The Morgan fingerprint density at radius 1 is 0.929 bits per heavy atom. The fourth-order valence-corrected chi connectivity index (χ4v) is 2.71. The summed E-state index contributed by atoms with van der Waals surface area (Å²) in [5.74, 6) is -0.182. The van der Waals surface area contributed by atoms with Gasteiger partial charge in [-0.05, 0) is 42.7 Å². The van der Waals surface area contributed by atoms with Crippen LogP contribution in [0, 0.1) is 6.92 Å². The predicted octanol–water partition coefficient (Wildman–Crippen LogP) is 2.86. The van der Waals surface area contributed by atoms with Crippen LogP contribution in [0.15, 0.2) is 66.7 Å². The first kappa shape index (κ1) is 19.3. The van der Waals surface area contributed by atoms with Crippen molar-refractivity contribution in [1.29, 1.82) is 0 Å². The van der Waals surface area contributed by atoms with Crippen molar-refractivity contribution in [3.63, 3.8) is 0 Å². The monoisotopic (exact) mass is 393 g/mol.